The Morgan fingerprint density at radius 1 is 1.30 bits per heavy atom. The lowest BCUT2D eigenvalue weighted by atomic mass is 10.0. The topological polar surface area (TPSA) is 46.9 Å². The molecule has 3 rings (SSSR count). The number of rotatable bonds is 3. The Bertz CT molecular complexity index is 680. The molecule has 0 atom stereocenters. The zero-order valence-corrected chi connectivity index (χ0v) is 11.7. The lowest BCUT2D eigenvalue weighted by Crippen LogP contribution is -2.17. The Hall–Kier alpha value is -2.36. The first-order valence-corrected chi connectivity index (χ1v) is 6.81. The third-order valence-electron chi connectivity index (χ3n) is 3.74. The largest absolute Gasteiger partial charge is 0.348 e. The molecule has 1 aromatic heterocycles. The van der Waals surface area contributed by atoms with Gasteiger partial charge in [-0.25, -0.2) is 4.98 Å². The van der Waals surface area contributed by atoms with Crippen LogP contribution in [0.1, 0.15) is 24.7 Å². The van der Waals surface area contributed by atoms with Crippen molar-refractivity contribution in [1.29, 1.82) is 0 Å². The fourth-order valence-electron chi connectivity index (χ4n) is 2.64. The molecule has 0 saturated carbocycles. The number of nitrogens with one attached hydrogen (secondary N) is 1. The summed E-state index contributed by atoms with van der Waals surface area (Å²) in [6.45, 7) is 4.63. The van der Waals surface area contributed by atoms with Gasteiger partial charge in [-0.05, 0) is 36.6 Å². The molecule has 0 radical (unpaired) electrons. The molecule has 1 aromatic carbocycles. The van der Waals surface area contributed by atoms with Gasteiger partial charge >= 0.3 is 0 Å². The van der Waals surface area contributed by atoms with E-state index in [4.69, 9.17) is 0 Å². The van der Waals surface area contributed by atoms with Crippen LogP contribution in [0.25, 0.3) is 11.3 Å². The van der Waals surface area contributed by atoms with Crippen LogP contribution in [-0.4, -0.2) is 22.0 Å². The first kappa shape index (κ1) is 12.7. The number of aryl methyl sites for hydroxylation is 1. The molecule has 0 aliphatic carbocycles. The highest BCUT2D eigenvalue weighted by Crippen LogP contribution is 2.25. The second kappa shape index (κ2) is 4.96. The summed E-state index contributed by atoms with van der Waals surface area (Å²) in [6.07, 6.45) is 4.51. The molecule has 102 valence electrons. The minimum atomic E-state index is 0.0667. The summed E-state index contributed by atoms with van der Waals surface area (Å²) in [5, 5.41) is 2.89. The highest BCUT2D eigenvalue weighted by Gasteiger charge is 2.21. The molecule has 0 saturated heterocycles. The SMILES string of the molecule is CCC1=C(c2ccc(-n3ccnc3C)cc2)CNC1=O. The van der Waals surface area contributed by atoms with E-state index in [1.54, 1.807) is 6.20 Å². The number of amides is 1. The van der Waals surface area contributed by atoms with Gasteiger partial charge < -0.3 is 9.88 Å². The van der Waals surface area contributed by atoms with Gasteiger partial charge in [0.15, 0.2) is 0 Å². The molecule has 4 heteroatoms. The predicted octanol–water partition coefficient (Wildman–Crippen LogP) is 2.47. The molecule has 1 aliphatic heterocycles. The number of carbonyl (C=O) groups is 1. The van der Waals surface area contributed by atoms with Gasteiger partial charge in [0.25, 0.3) is 0 Å². The van der Waals surface area contributed by atoms with E-state index >= 15 is 0 Å². The summed E-state index contributed by atoms with van der Waals surface area (Å²) >= 11 is 0. The van der Waals surface area contributed by atoms with E-state index in [1.807, 2.05) is 24.6 Å². The van der Waals surface area contributed by atoms with E-state index in [-0.39, 0.29) is 5.91 Å². The highest BCUT2D eigenvalue weighted by atomic mass is 16.1. The van der Waals surface area contributed by atoms with Crippen LogP contribution in [0.3, 0.4) is 0 Å². The van der Waals surface area contributed by atoms with Crippen LogP contribution < -0.4 is 5.32 Å². The van der Waals surface area contributed by atoms with E-state index in [2.05, 4.69) is 34.6 Å². The number of hydrogen-bond donors (Lipinski definition) is 1. The predicted molar refractivity (Wildman–Crippen MR) is 78.5 cm³/mol. The molecule has 20 heavy (non-hydrogen) atoms. The fourth-order valence-corrected chi connectivity index (χ4v) is 2.64. The lowest BCUT2D eigenvalue weighted by molar-refractivity contribution is -0.116. The summed E-state index contributed by atoms with van der Waals surface area (Å²) < 4.78 is 2.04. The van der Waals surface area contributed by atoms with Crippen molar-refractivity contribution in [2.45, 2.75) is 20.3 Å². The van der Waals surface area contributed by atoms with Gasteiger partial charge in [-0.1, -0.05) is 19.1 Å². The molecule has 2 heterocycles. The van der Waals surface area contributed by atoms with E-state index in [9.17, 15) is 4.79 Å². The third kappa shape index (κ3) is 2.03. The van der Waals surface area contributed by atoms with Gasteiger partial charge in [0, 0.05) is 30.2 Å². The fraction of sp³-hybridized carbons (Fsp3) is 0.250. The van der Waals surface area contributed by atoms with Crippen LogP contribution in [0.15, 0.2) is 42.2 Å². The number of nitrogens with zero attached hydrogens (tertiary/aromatic N) is 2. The quantitative estimate of drug-likeness (QED) is 0.928. The average molecular weight is 267 g/mol. The van der Waals surface area contributed by atoms with Crippen molar-refractivity contribution in [1.82, 2.24) is 14.9 Å². The van der Waals surface area contributed by atoms with Crippen LogP contribution in [0.4, 0.5) is 0 Å². The van der Waals surface area contributed by atoms with E-state index in [0.717, 1.165) is 34.6 Å². The number of hydrogen-bond acceptors (Lipinski definition) is 2. The number of aromatic nitrogens is 2. The second-order valence-electron chi connectivity index (χ2n) is 4.88. The van der Waals surface area contributed by atoms with Crippen molar-refractivity contribution in [3.63, 3.8) is 0 Å². The zero-order valence-electron chi connectivity index (χ0n) is 11.7. The maximum Gasteiger partial charge on any atom is 0.247 e. The molecule has 1 aliphatic rings. The van der Waals surface area contributed by atoms with E-state index in [0.29, 0.717) is 6.54 Å². The molecule has 0 unspecified atom stereocenters. The molecule has 1 N–H and O–H groups in total. The molecule has 0 bridgehead atoms. The summed E-state index contributed by atoms with van der Waals surface area (Å²) in [4.78, 5) is 15.9. The van der Waals surface area contributed by atoms with Crippen molar-refractivity contribution in [3.05, 3.63) is 53.6 Å². The van der Waals surface area contributed by atoms with Gasteiger partial charge in [-0.15, -0.1) is 0 Å². The Morgan fingerprint density at radius 3 is 2.65 bits per heavy atom. The van der Waals surface area contributed by atoms with Gasteiger partial charge in [0.1, 0.15) is 5.82 Å². The van der Waals surface area contributed by atoms with E-state index in [1.165, 1.54) is 0 Å². The smallest absolute Gasteiger partial charge is 0.247 e. The standard InChI is InChI=1S/C16H17N3O/c1-3-14-15(10-18-16(14)20)12-4-6-13(7-5-12)19-9-8-17-11(19)2/h4-9H,3,10H2,1-2H3,(H,18,20). The summed E-state index contributed by atoms with van der Waals surface area (Å²) in [7, 11) is 0. The Kier molecular flexibility index (Phi) is 3.14. The summed E-state index contributed by atoms with van der Waals surface area (Å²) in [6, 6.07) is 8.26. The van der Waals surface area contributed by atoms with Crippen molar-refractivity contribution >= 4 is 11.5 Å². The lowest BCUT2D eigenvalue weighted by Gasteiger charge is -2.08. The first-order chi connectivity index (χ1) is 9.70. The zero-order chi connectivity index (χ0) is 14.1. The molecule has 4 nitrogen and oxygen atoms in total. The monoisotopic (exact) mass is 267 g/mol. The molecule has 0 fully saturated rings. The van der Waals surface area contributed by atoms with E-state index < -0.39 is 0 Å². The molecule has 2 aromatic rings. The van der Waals surface area contributed by atoms with Crippen LogP contribution in [0.2, 0.25) is 0 Å². The van der Waals surface area contributed by atoms with Gasteiger partial charge in [-0.2, -0.15) is 0 Å². The minimum absolute atomic E-state index is 0.0667. The van der Waals surface area contributed by atoms with Crippen LogP contribution >= 0.6 is 0 Å². The third-order valence-corrected chi connectivity index (χ3v) is 3.74. The maximum atomic E-state index is 11.7. The second-order valence-corrected chi connectivity index (χ2v) is 4.88. The summed E-state index contributed by atoms with van der Waals surface area (Å²) in [5.41, 5.74) is 4.21. The Balaban J connectivity index is 1.97. The molecular formula is C16H17N3O. The highest BCUT2D eigenvalue weighted by molar-refractivity contribution is 6.06. The number of carbonyl (C=O) groups excluding carboxylic acids is 1. The van der Waals surface area contributed by atoms with Crippen molar-refractivity contribution in [2.75, 3.05) is 6.54 Å². The van der Waals surface area contributed by atoms with Gasteiger partial charge in [0.2, 0.25) is 5.91 Å². The maximum absolute atomic E-state index is 11.7. The Morgan fingerprint density at radius 2 is 2.05 bits per heavy atom. The van der Waals surface area contributed by atoms with Crippen molar-refractivity contribution < 1.29 is 4.79 Å². The van der Waals surface area contributed by atoms with Crippen LogP contribution in [-0.2, 0) is 4.79 Å². The normalized spacial score (nSPS) is 14.8. The van der Waals surface area contributed by atoms with Gasteiger partial charge in [-0.3, -0.25) is 4.79 Å². The molecule has 0 spiro atoms. The molecule has 1 amide bonds. The Labute approximate surface area is 118 Å². The average Bonchev–Trinajstić information content (AvgIpc) is 3.05. The van der Waals surface area contributed by atoms with Crippen LogP contribution in [0, 0.1) is 6.92 Å². The molecular weight excluding hydrogens is 250 g/mol. The number of benzene rings is 1. The number of imidazole rings is 1. The van der Waals surface area contributed by atoms with Gasteiger partial charge in [0.05, 0.1) is 0 Å². The van der Waals surface area contributed by atoms with Crippen molar-refractivity contribution in [2.24, 2.45) is 0 Å². The van der Waals surface area contributed by atoms with Crippen molar-refractivity contribution in [3.8, 4) is 5.69 Å². The summed E-state index contributed by atoms with van der Waals surface area (Å²) in [5.74, 6) is 1.03. The first-order valence-electron chi connectivity index (χ1n) is 6.81. The van der Waals surface area contributed by atoms with Crippen LogP contribution in [0.5, 0.6) is 0 Å². The minimum Gasteiger partial charge on any atom is -0.348 e.